The Labute approximate surface area is 171 Å². The van der Waals surface area contributed by atoms with Crippen LogP contribution in [0, 0.1) is 0 Å². The maximum Gasteiger partial charge on any atom is 0.213 e. The van der Waals surface area contributed by atoms with Crippen molar-refractivity contribution in [2.45, 2.75) is 44.4 Å². The Morgan fingerprint density at radius 3 is 2.86 bits per heavy atom. The van der Waals surface area contributed by atoms with Crippen molar-refractivity contribution in [2.75, 3.05) is 26.7 Å². The molecule has 1 saturated heterocycles. The van der Waals surface area contributed by atoms with E-state index in [1.54, 1.807) is 4.68 Å². The van der Waals surface area contributed by atoms with E-state index in [2.05, 4.69) is 31.4 Å². The Balaban J connectivity index is 1.30. The Hall–Kier alpha value is -2.61. The number of nitrogens with zero attached hydrogens (tertiary/aromatic N) is 5. The third-order valence-electron chi connectivity index (χ3n) is 5.51. The average molecular weight is 399 g/mol. The quantitative estimate of drug-likeness (QED) is 0.615. The number of hydrogen-bond acceptors (Lipinski definition) is 5. The van der Waals surface area contributed by atoms with Gasteiger partial charge in [0.2, 0.25) is 5.88 Å². The molecule has 8 heteroatoms. The summed E-state index contributed by atoms with van der Waals surface area (Å²) in [5.41, 5.74) is 2.19. The van der Waals surface area contributed by atoms with E-state index in [9.17, 15) is 0 Å². The molecule has 1 aliphatic heterocycles. The van der Waals surface area contributed by atoms with Crippen molar-refractivity contribution in [1.82, 2.24) is 25.0 Å². The van der Waals surface area contributed by atoms with Crippen LogP contribution in [-0.4, -0.2) is 58.5 Å². The van der Waals surface area contributed by atoms with Gasteiger partial charge in [0, 0.05) is 51.2 Å². The lowest BCUT2D eigenvalue weighted by atomic mass is 10.1. The van der Waals surface area contributed by atoms with Crippen LogP contribution in [0.4, 0.5) is 0 Å². The SMILES string of the molecule is CN=C(NCc1ccc(OC2CCCC2)nc1)N1CCOC(c2cnn(C)c2)C1. The fraction of sp³-hybridized carbons (Fsp3) is 0.571. The summed E-state index contributed by atoms with van der Waals surface area (Å²) < 4.78 is 13.7. The number of pyridine rings is 1. The Morgan fingerprint density at radius 2 is 2.17 bits per heavy atom. The summed E-state index contributed by atoms with van der Waals surface area (Å²) in [5.74, 6) is 1.59. The molecule has 8 nitrogen and oxygen atoms in total. The van der Waals surface area contributed by atoms with E-state index in [0.29, 0.717) is 19.3 Å². The minimum atomic E-state index is 0.00434. The first-order chi connectivity index (χ1) is 14.2. The summed E-state index contributed by atoms with van der Waals surface area (Å²) in [5, 5.41) is 7.70. The van der Waals surface area contributed by atoms with Crippen LogP contribution < -0.4 is 10.1 Å². The molecule has 1 saturated carbocycles. The van der Waals surface area contributed by atoms with Crippen LogP contribution in [0.15, 0.2) is 35.7 Å². The summed E-state index contributed by atoms with van der Waals surface area (Å²) in [6.45, 7) is 2.88. The van der Waals surface area contributed by atoms with E-state index < -0.39 is 0 Å². The molecule has 0 spiro atoms. The lowest BCUT2D eigenvalue weighted by Gasteiger charge is -2.34. The Morgan fingerprint density at radius 1 is 1.31 bits per heavy atom. The second-order valence-corrected chi connectivity index (χ2v) is 7.68. The van der Waals surface area contributed by atoms with Crippen LogP contribution in [0.25, 0.3) is 0 Å². The van der Waals surface area contributed by atoms with E-state index in [-0.39, 0.29) is 6.10 Å². The van der Waals surface area contributed by atoms with Crippen molar-refractivity contribution < 1.29 is 9.47 Å². The highest BCUT2D eigenvalue weighted by atomic mass is 16.5. The zero-order valence-corrected chi connectivity index (χ0v) is 17.3. The van der Waals surface area contributed by atoms with Gasteiger partial charge in [-0.05, 0) is 31.2 Å². The molecule has 0 amide bonds. The summed E-state index contributed by atoms with van der Waals surface area (Å²) in [6.07, 6.45) is 10.9. The largest absolute Gasteiger partial charge is 0.474 e. The van der Waals surface area contributed by atoms with Crippen LogP contribution in [0.5, 0.6) is 5.88 Å². The summed E-state index contributed by atoms with van der Waals surface area (Å²) >= 11 is 0. The topological polar surface area (TPSA) is 76.8 Å². The van der Waals surface area contributed by atoms with E-state index in [4.69, 9.17) is 9.47 Å². The molecule has 2 aromatic rings. The number of hydrogen-bond donors (Lipinski definition) is 1. The third-order valence-corrected chi connectivity index (χ3v) is 5.51. The summed E-state index contributed by atoms with van der Waals surface area (Å²) in [4.78, 5) is 11.2. The molecule has 29 heavy (non-hydrogen) atoms. The first-order valence-corrected chi connectivity index (χ1v) is 10.4. The zero-order chi connectivity index (χ0) is 20.1. The van der Waals surface area contributed by atoms with Gasteiger partial charge in [-0.1, -0.05) is 6.07 Å². The molecule has 3 heterocycles. The van der Waals surface area contributed by atoms with Crippen molar-refractivity contribution in [1.29, 1.82) is 0 Å². The molecule has 2 aliphatic rings. The molecule has 2 fully saturated rings. The van der Waals surface area contributed by atoms with Gasteiger partial charge in [0.15, 0.2) is 5.96 Å². The van der Waals surface area contributed by atoms with E-state index in [1.165, 1.54) is 12.8 Å². The smallest absolute Gasteiger partial charge is 0.213 e. The predicted octanol–water partition coefficient (Wildman–Crippen LogP) is 2.29. The maximum atomic E-state index is 5.94. The molecule has 1 atom stereocenters. The molecule has 4 rings (SSSR count). The van der Waals surface area contributed by atoms with Crippen molar-refractivity contribution >= 4 is 5.96 Å². The summed E-state index contributed by atoms with van der Waals surface area (Å²) in [7, 11) is 3.73. The van der Waals surface area contributed by atoms with Gasteiger partial charge in [-0.25, -0.2) is 4.98 Å². The fourth-order valence-electron chi connectivity index (χ4n) is 3.93. The van der Waals surface area contributed by atoms with Crippen LogP contribution in [0.3, 0.4) is 0 Å². The highest BCUT2D eigenvalue weighted by Gasteiger charge is 2.25. The fourth-order valence-corrected chi connectivity index (χ4v) is 3.93. The standard InChI is InChI=1S/C21H30N6O2/c1-22-21(27-9-10-28-19(15-27)17-13-25-26(2)14-17)24-12-16-7-8-20(23-11-16)29-18-5-3-4-6-18/h7-8,11,13-14,18-19H,3-6,9-10,12,15H2,1-2H3,(H,22,24). The van der Waals surface area contributed by atoms with Crippen LogP contribution in [-0.2, 0) is 18.3 Å². The molecular formula is C21H30N6O2. The van der Waals surface area contributed by atoms with Crippen LogP contribution in [0.1, 0.15) is 42.9 Å². The number of ether oxygens (including phenoxy) is 2. The highest BCUT2D eigenvalue weighted by molar-refractivity contribution is 5.80. The van der Waals surface area contributed by atoms with Gasteiger partial charge in [-0.3, -0.25) is 9.67 Å². The van der Waals surface area contributed by atoms with Gasteiger partial charge in [0.25, 0.3) is 0 Å². The molecule has 0 bridgehead atoms. The summed E-state index contributed by atoms with van der Waals surface area (Å²) in [6, 6.07) is 4.03. The lowest BCUT2D eigenvalue weighted by molar-refractivity contribution is -0.00805. The van der Waals surface area contributed by atoms with Crippen molar-refractivity contribution in [3.05, 3.63) is 41.9 Å². The normalized spacial score (nSPS) is 20.8. The van der Waals surface area contributed by atoms with Crippen molar-refractivity contribution in [2.24, 2.45) is 12.0 Å². The van der Waals surface area contributed by atoms with Crippen molar-refractivity contribution in [3.8, 4) is 5.88 Å². The maximum absolute atomic E-state index is 5.94. The minimum Gasteiger partial charge on any atom is -0.474 e. The molecule has 2 aromatic heterocycles. The predicted molar refractivity (Wildman–Crippen MR) is 111 cm³/mol. The minimum absolute atomic E-state index is 0.00434. The Bertz CT molecular complexity index is 813. The second kappa shape index (κ2) is 9.26. The molecule has 0 aromatic carbocycles. The number of morpholine rings is 1. The first-order valence-electron chi connectivity index (χ1n) is 10.4. The number of aromatic nitrogens is 3. The number of guanidine groups is 1. The molecule has 1 N–H and O–H groups in total. The van der Waals surface area contributed by atoms with Crippen LogP contribution >= 0.6 is 0 Å². The molecular weight excluding hydrogens is 368 g/mol. The van der Waals surface area contributed by atoms with Gasteiger partial charge in [-0.2, -0.15) is 5.10 Å². The Kier molecular flexibility index (Phi) is 6.29. The zero-order valence-electron chi connectivity index (χ0n) is 17.3. The third kappa shape index (κ3) is 5.06. The number of nitrogens with one attached hydrogen (secondary N) is 1. The monoisotopic (exact) mass is 398 g/mol. The number of aliphatic imine (C=N–C) groups is 1. The van der Waals surface area contributed by atoms with E-state index in [0.717, 1.165) is 48.9 Å². The molecule has 1 unspecified atom stereocenters. The molecule has 0 radical (unpaired) electrons. The van der Waals surface area contributed by atoms with Gasteiger partial charge in [0.05, 0.1) is 19.3 Å². The van der Waals surface area contributed by atoms with Gasteiger partial charge < -0.3 is 19.7 Å². The first kappa shape index (κ1) is 19.7. The van der Waals surface area contributed by atoms with Gasteiger partial charge in [-0.15, -0.1) is 0 Å². The van der Waals surface area contributed by atoms with E-state index in [1.807, 2.05) is 38.8 Å². The van der Waals surface area contributed by atoms with Crippen molar-refractivity contribution in [3.63, 3.8) is 0 Å². The van der Waals surface area contributed by atoms with Gasteiger partial charge in [0.1, 0.15) is 12.2 Å². The molecule has 156 valence electrons. The van der Waals surface area contributed by atoms with E-state index >= 15 is 0 Å². The lowest BCUT2D eigenvalue weighted by Crippen LogP contribution is -2.47. The number of aryl methyl sites for hydroxylation is 1. The second-order valence-electron chi connectivity index (χ2n) is 7.68. The molecule has 1 aliphatic carbocycles. The van der Waals surface area contributed by atoms with Gasteiger partial charge >= 0.3 is 0 Å². The highest BCUT2D eigenvalue weighted by Crippen LogP contribution is 2.23. The average Bonchev–Trinajstić information content (AvgIpc) is 3.42. The number of rotatable bonds is 5. The van der Waals surface area contributed by atoms with Crippen LogP contribution in [0.2, 0.25) is 0 Å².